The standard InChI is InChI=1S/C31H31Cl2FN6O5/c1-2-45-30(44)25(40-29(43)27-23(32)12-20(13-24(27)33)18-7-4-3-5-8-18)16-35-26(41)17-36-28(42)19-9-6-10-22(11-19)39-31-37-14-21(34)15-38-31/h3-13,21,25H,2,14-17H2,1H3,(H,35,41)(H,36,42)(H,40,43)(H2,37,38,39)/t25-/m0/s1. The largest absolute Gasteiger partial charge is 0.464 e. The fraction of sp³-hybridized carbons (Fsp3) is 0.258. The summed E-state index contributed by atoms with van der Waals surface area (Å²) in [6.45, 7) is 1.07. The number of hydrogen-bond acceptors (Lipinski definition) is 8. The maximum Gasteiger partial charge on any atom is 0.330 e. The summed E-state index contributed by atoms with van der Waals surface area (Å²) >= 11 is 12.8. The number of carbonyl (C=O) groups is 4. The molecule has 4 rings (SSSR count). The van der Waals surface area contributed by atoms with Gasteiger partial charge in [-0.3, -0.25) is 14.4 Å². The Morgan fingerprint density at radius 1 is 0.978 bits per heavy atom. The van der Waals surface area contributed by atoms with Crippen molar-refractivity contribution in [3.63, 3.8) is 0 Å². The summed E-state index contributed by atoms with van der Waals surface area (Å²) in [7, 11) is 0. The third-order valence-electron chi connectivity index (χ3n) is 6.49. The molecule has 3 aromatic rings. The van der Waals surface area contributed by atoms with Crippen molar-refractivity contribution in [2.75, 3.05) is 38.1 Å². The zero-order chi connectivity index (χ0) is 32.3. The van der Waals surface area contributed by atoms with E-state index in [-0.39, 0.29) is 47.4 Å². The quantitative estimate of drug-likeness (QED) is 0.198. The number of amides is 3. The second-order valence-electron chi connectivity index (χ2n) is 9.82. The molecule has 1 aliphatic rings. The van der Waals surface area contributed by atoms with E-state index < -0.39 is 42.4 Å². The lowest BCUT2D eigenvalue weighted by Gasteiger charge is -2.19. The van der Waals surface area contributed by atoms with Crippen LogP contribution in [0.5, 0.6) is 0 Å². The number of hydrogen-bond donors (Lipinski definition) is 5. The maximum absolute atomic E-state index is 13.3. The van der Waals surface area contributed by atoms with Gasteiger partial charge in [0.05, 0.1) is 41.8 Å². The summed E-state index contributed by atoms with van der Waals surface area (Å²) in [5.41, 5.74) is 2.31. The number of anilines is 1. The summed E-state index contributed by atoms with van der Waals surface area (Å²) in [6, 6.07) is 17.7. The molecule has 5 N–H and O–H groups in total. The van der Waals surface area contributed by atoms with Crippen LogP contribution in [0.4, 0.5) is 10.1 Å². The number of guanidine groups is 1. The summed E-state index contributed by atoms with van der Waals surface area (Å²) < 4.78 is 18.3. The van der Waals surface area contributed by atoms with E-state index in [0.717, 1.165) is 5.56 Å². The Kier molecular flexibility index (Phi) is 11.7. The number of rotatable bonds is 11. The van der Waals surface area contributed by atoms with Crippen molar-refractivity contribution in [1.29, 1.82) is 0 Å². The molecule has 1 heterocycles. The lowest BCUT2D eigenvalue weighted by molar-refractivity contribution is -0.145. The number of nitrogens with one attached hydrogen (secondary N) is 5. The number of carbonyl (C=O) groups excluding carboxylic acids is 4. The average molecular weight is 658 g/mol. The third kappa shape index (κ3) is 9.40. The van der Waals surface area contributed by atoms with Crippen LogP contribution in [-0.4, -0.2) is 74.6 Å². The molecule has 236 valence electrons. The third-order valence-corrected chi connectivity index (χ3v) is 7.09. The van der Waals surface area contributed by atoms with Crippen LogP contribution in [0.25, 0.3) is 11.1 Å². The normalized spacial score (nSPS) is 14.7. The highest BCUT2D eigenvalue weighted by Crippen LogP contribution is 2.31. The molecular formula is C31H31Cl2FN6O5. The highest BCUT2D eigenvalue weighted by Gasteiger charge is 2.26. The molecule has 3 amide bonds. The number of benzene rings is 3. The van der Waals surface area contributed by atoms with Crippen molar-refractivity contribution in [3.8, 4) is 11.1 Å². The SMILES string of the molecule is CCOC(=O)[C@H](CNC(=O)CNC(=O)c1cccc(NC2=NCC(F)CN2)c1)NC(=O)c1c(Cl)cc(-c2ccccc2)cc1Cl. The number of aliphatic imine (C=N–C) groups is 1. The van der Waals surface area contributed by atoms with Gasteiger partial charge in [-0.05, 0) is 48.4 Å². The van der Waals surface area contributed by atoms with Gasteiger partial charge < -0.3 is 31.3 Å². The molecule has 0 saturated heterocycles. The molecule has 0 aromatic heterocycles. The Bertz CT molecular complexity index is 1570. The van der Waals surface area contributed by atoms with Crippen molar-refractivity contribution < 1.29 is 28.3 Å². The Hall–Kier alpha value is -4.68. The highest BCUT2D eigenvalue weighted by molar-refractivity contribution is 6.40. The Morgan fingerprint density at radius 2 is 1.71 bits per heavy atom. The van der Waals surface area contributed by atoms with E-state index in [1.165, 1.54) is 0 Å². The summed E-state index contributed by atoms with van der Waals surface area (Å²) in [6.07, 6.45) is -1.06. The van der Waals surface area contributed by atoms with Gasteiger partial charge in [0, 0.05) is 17.8 Å². The van der Waals surface area contributed by atoms with E-state index in [4.69, 9.17) is 27.9 Å². The maximum atomic E-state index is 13.3. The minimum Gasteiger partial charge on any atom is -0.464 e. The fourth-order valence-electron chi connectivity index (χ4n) is 4.27. The number of ether oxygens (including phenoxy) is 1. The molecule has 45 heavy (non-hydrogen) atoms. The van der Waals surface area contributed by atoms with Gasteiger partial charge in [0.2, 0.25) is 5.91 Å². The summed E-state index contributed by atoms with van der Waals surface area (Å²) in [5.74, 6) is -2.29. The molecule has 11 nitrogen and oxygen atoms in total. The van der Waals surface area contributed by atoms with Crippen LogP contribution in [-0.2, 0) is 14.3 Å². The van der Waals surface area contributed by atoms with Gasteiger partial charge in [0.15, 0.2) is 5.96 Å². The topological polar surface area (TPSA) is 150 Å². The average Bonchev–Trinajstić information content (AvgIpc) is 3.03. The van der Waals surface area contributed by atoms with Gasteiger partial charge in [-0.2, -0.15) is 0 Å². The number of alkyl halides is 1. The number of esters is 1. The van der Waals surface area contributed by atoms with Crippen LogP contribution in [0.1, 0.15) is 27.6 Å². The molecule has 0 saturated carbocycles. The van der Waals surface area contributed by atoms with Crippen molar-refractivity contribution >= 4 is 58.5 Å². The van der Waals surface area contributed by atoms with Crippen LogP contribution in [0.2, 0.25) is 10.0 Å². The fourth-order valence-corrected chi connectivity index (χ4v) is 4.93. The van der Waals surface area contributed by atoms with Gasteiger partial charge in [-0.25, -0.2) is 14.2 Å². The van der Waals surface area contributed by atoms with Crippen LogP contribution < -0.4 is 26.6 Å². The predicted octanol–water partition coefficient (Wildman–Crippen LogP) is 3.58. The van der Waals surface area contributed by atoms with Crippen LogP contribution >= 0.6 is 23.2 Å². The molecule has 2 atom stereocenters. The molecule has 0 spiro atoms. The smallest absolute Gasteiger partial charge is 0.330 e. The van der Waals surface area contributed by atoms with Crippen LogP contribution in [0.15, 0.2) is 71.7 Å². The van der Waals surface area contributed by atoms with E-state index in [9.17, 15) is 23.6 Å². The van der Waals surface area contributed by atoms with E-state index >= 15 is 0 Å². The van der Waals surface area contributed by atoms with Crippen molar-refractivity contribution in [1.82, 2.24) is 21.3 Å². The Morgan fingerprint density at radius 3 is 2.38 bits per heavy atom. The molecule has 0 radical (unpaired) electrons. The zero-order valence-electron chi connectivity index (χ0n) is 24.2. The minimum atomic E-state index is -1.27. The molecule has 1 unspecified atom stereocenters. The van der Waals surface area contributed by atoms with Gasteiger partial charge in [-0.1, -0.05) is 59.6 Å². The van der Waals surface area contributed by atoms with Gasteiger partial charge in [0.1, 0.15) is 12.2 Å². The van der Waals surface area contributed by atoms with E-state index in [1.54, 1.807) is 43.3 Å². The van der Waals surface area contributed by atoms with E-state index in [1.807, 2.05) is 30.3 Å². The summed E-state index contributed by atoms with van der Waals surface area (Å²) in [4.78, 5) is 55.0. The lowest BCUT2D eigenvalue weighted by Crippen LogP contribution is -2.50. The van der Waals surface area contributed by atoms with E-state index in [0.29, 0.717) is 17.2 Å². The summed E-state index contributed by atoms with van der Waals surface area (Å²) in [5, 5.41) is 13.5. The predicted molar refractivity (Wildman–Crippen MR) is 170 cm³/mol. The Labute approximate surface area is 268 Å². The first-order valence-electron chi connectivity index (χ1n) is 14.0. The second kappa shape index (κ2) is 15.9. The van der Waals surface area contributed by atoms with Crippen molar-refractivity contribution in [3.05, 3.63) is 87.9 Å². The molecule has 1 aliphatic heterocycles. The molecule has 14 heteroatoms. The van der Waals surface area contributed by atoms with Gasteiger partial charge >= 0.3 is 5.97 Å². The first kappa shape index (κ1) is 33.2. The van der Waals surface area contributed by atoms with Crippen molar-refractivity contribution in [2.24, 2.45) is 4.99 Å². The second-order valence-corrected chi connectivity index (χ2v) is 10.6. The molecular weight excluding hydrogens is 626 g/mol. The monoisotopic (exact) mass is 656 g/mol. The first-order chi connectivity index (χ1) is 21.6. The molecule has 0 bridgehead atoms. The minimum absolute atomic E-state index is 0.0364. The zero-order valence-corrected chi connectivity index (χ0v) is 25.7. The lowest BCUT2D eigenvalue weighted by atomic mass is 10.0. The van der Waals surface area contributed by atoms with Crippen LogP contribution in [0, 0.1) is 0 Å². The van der Waals surface area contributed by atoms with Crippen molar-refractivity contribution in [2.45, 2.75) is 19.1 Å². The van der Waals surface area contributed by atoms with Crippen LogP contribution in [0.3, 0.4) is 0 Å². The van der Waals surface area contributed by atoms with Gasteiger partial charge in [-0.15, -0.1) is 0 Å². The Balaban J connectivity index is 1.33. The highest BCUT2D eigenvalue weighted by atomic mass is 35.5. The number of nitrogens with zero attached hydrogens (tertiary/aromatic N) is 1. The van der Waals surface area contributed by atoms with Gasteiger partial charge in [0.25, 0.3) is 11.8 Å². The molecule has 0 fully saturated rings. The number of halogens is 3. The molecule has 3 aromatic carbocycles. The first-order valence-corrected chi connectivity index (χ1v) is 14.8. The molecule has 0 aliphatic carbocycles. The van der Waals surface area contributed by atoms with E-state index in [2.05, 4.69) is 31.6 Å².